The Morgan fingerprint density at radius 2 is 1.84 bits per heavy atom. The van der Waals surface area contributed by atoms with Crippen LogP contribution in [0.15, 0.2) is 35.5 Å². The molecule has 10 nitrogen and oxygen atoms in total. The van der Waals surface area contributed by atoms with E-state index in [9.17, 15) is 9.59 Å². The number of nitrogens with zero attached hydrogens (tertiary/aromatic N) is 4. The molecule has 1 saturated heterocycles. The number of methoxy groups -OCH3 is 1. The lowest BCUT2D eigenvalue weighted by atomic mass is 9.88. The van der Waals surface area contributed by atoms with E-state index in [2.05, 4.69) is 20.4 Å². The molecule has 1 atom stereocenters. The molecule has 0 bridgehead atoms. The van der Waals surface area contributed by atoms with Crippen LogP contribution in [0.2, 0.25) is 0 Å². The van der Waals surface area contributed by atoms with E-state index < -0.39 is 5.60 Å². The fourth-order valence-corrected chi connectivity index (χ4v) is 4.43. The maximum Gasteiger partial charge on any atom is 0.410 e. The van der Waals surface area contributed by atoms with Crippen molar-refractivity contribution < 1.29 is 23.9 Å². The highest BCUT2D eigenvalue weighted by Gasteiger charge is 2.35. The summed E-state index contributed by atoms with van der Waals surface area (Å²) in [5.41, 5.74) is 2.03. The number of piperidine rings is 1. The lowest BCUT2D eigenvalue weighted by Gasteiger charge is -2.34. The Bertz CT molecular complexity index is 1150. The molecule has 1 unspecified atom stereocenters. The number of rotatable bonds is 6. The molecule has 37 heavy (non-hydrogen) atoms. The number of nitrogens with one attached hydrogen (secondary N) is 1. The van der Waals surface area contributed by atoms with Crippen molar-refractivity contribution in [1.82, 2.24) is 20.2 Å². The van der Waals surface area contributed by atoms with Crippen LogP contribution in [0.5, 0.6) is 5.75 Å². The van der Waals surface area contributed by atoms with Gasteiger partial charge in [0.25, 0.3) is 5.91 Å². The Labute approximate surface area is 217 Å². The number of aryl methyl sites for hydroxylation is 1. The first-order valence-corrected chi connectivity index (χ1v) is 12.6. The number of likely N-dealkylation sites (tertiary alicyclic amines) is 1. The van der Waals surface area contributed by atoms with E-state index in [1.165, 1.54) is 0 Å². The molecule has 0 spiro atoms. The Balaban J connectivity index is 1.32. The molecular formula is C27H35N5O5. The van der Waals surface area contributed by atoms with E-state index in [1.54, 1.807) is 25.0 Å². The molecule has 0 aliphatic carbocycles. The molecule has 3 heterocycles. The van der Waals surface area contributed by atoms with Crippen molar-refractivity contribution in [2.75, 3.05) is 20.2 Å². The number of amides is 2. The molecule has 2 aliphatic rings. The van der Waals surface area contributed by atoms with Crippen molar-refractivity contribution in [2.45, 2.75) is 65.2 Å². The van der Waals surface area contributed by atoms with Crippen LogP contribution in [0.1, 0.15) is 67.6 Å². The molecule has 0 radical (unpaired) electrons. The van der Waals surface area contributed by atoms with Crippen LogP contribution < -0.4 is 10.1 Å². The Hall–Kier alpha value is -3.69. The molecular weight excluding hydrogens is 474 g/mol. The van der Waals surface area contributed by atoms with Crippen molar-refractivity contribution in [3.05, 3.63) is 53.1 Å². The average molecular weight is 510 g/mol. The van der Waals surface area contributed by atoms with Crippen molar-refractivity contribution in [3.63, 3.8) is 0 Å². The Morgan fingerprint density at radius 1 is 1.14 bits per heavy atom. The number of ether oxygens (including phenoxy) is 2. The Kier molecular flexibility index (Phi) is 7.94. The fraction of sp³-hybridized carbons (Fsp3) is 0.519. The molecule has 1 fully saturated rings. The van der Waals surface area contributed by atoms with Gasteiger partial charge in [-0.3, -0.25) is 4.79 Å². The van der Waals surface area contributed by atoms with Gasteiger partial charge in [0.05, 0.1) is 12.8 Å². The van der Waals surface area contributed by atoms with Gasteiger partial charge in [-0.1, -0.05) is 17.3 Å². The minimum atomic E-state index is -0.508. The molecule has 0 saturated carbocycles. The van der Waals surface area contributed by atoms with E-state index in [1.807, 2.05) is 45.0 Å². The van der Waals surface area contributed by atoms with Crippen LogP contribution in [0, 0.1) is 12.8 Å². The number of oxime groups is 1. The topological polar surface area (TPSA) is 115 Å². The summed E-state index contributed by atoms with van der Waals surface area (Å²) in [5, 5.41) is 7.20. The van der Waals surface area contributed by atoms with E-state index in [-0.39, 0.29) is 29.7 Å². The highest BCUT2D eigenvalue weighted by molar-refractivity contribution is 6.01. The minimum absolute atomic E-state index is 0.0848. The second kappa shape index (κ2) is 11.1. The van der Waals surface area contributed by atoms with Gasteiger partial charge in [0.2, 0.25) is 0 Å². The maximum absolute atomic E-state index is 12.8. The summed E-state index contributed by atoms with van der Waals surface area (Å²) >= 11 is 0. The number of benzene rings is 1. The first-order chi connectivity index (χ1) is 17.6. The fourth-order valence-electron chi connectivity index (χ4n) is 4.43. The van der Waals surface area contributed by atoms with Crippen LogP contribution in [-0.4, -0.2) is 64.5 Å². The SMILES string of the molecule is COc1ccc(CNC(=O)c2cc(C3=NOC(C4CCN(C(=O)OC(C)(C)C)CC4)C3)nc(C)n2)cc1. The molecule has 2 amide bonds. The van der Waals surface area contributed by atoms with Crippen LogP contribution in [-0.2, 0) is 16.1 Å². The quantitative estimate of drug-likeness (QED) is 0.629. The first-order valence-electron chi connectivity index (χ1n) is 12.6. The number of hydrogen-bond donors (Lipinski definition) is 1. The van der Waals surface area contributed by atoms with Gasteiger partial charge in [-0.25, -0.2) is 14.8 Å². The number of carbonyl (C=O) groups is 2. The van der Waals surface area contributed by atoms with Gasteiger partial charge < -0.3 is 24.5 Å². The standard InChI is InChI=1S/C27H35N5O5/c1-17-29-21(14-23(30-17)25(33)28-16-18-6-8-20(35-5)9-7-18)22-15-24(37-31-22)19-10-12-32(13-11-19)26(34)36-27(2,3)4/h6-9,14,19,24H,10-13,15-16H2,1-5H3,(H,28,33). The number of hydrogen-bond acceptors (Lipinski definition) is 8. The summed E-state index contributed by atoms with van der Waals surface area (Å²) in [6.45, 7) is 8.98. The average Bonchev–Trinajstić information content (AvgIpc) is 3.37. The van der Waals surface area contributed by atoms with Crippen LogP contribution in [0.25, 0.3) is 0 Å². The molecule has 1 N–H and O–H groups in total. The van der Waals surface area contributed by atoms with Gasteiger partial charge in [0, 0.05) is 32.0 Å². The largest absolute Gasteiger partial charge is 0.497 e. The second-order valence-electron chi connectivity index (χ2n) is 10.4. The van der Waals surface area contributed by atoms with Crippen molar-refractivity contribution in [1.29, 1.82) is 0 Å². The minimum Gasteiger partial charge on any atom is -0.497 e. The third-order valence-electron chi connectivity index (χ3n) is 6.39. The molecule has 1 aromatic carbocycles. The van der Waals surface area contributed by atoms with Crippen LogP contribution in [0.3, 0.4) is 0 Å². The van der Waals surface area contributed by atoms with E-state index >= 15 is 0 Å². The van der Waals surface area contributed by atoms with Gasteiger partial charge in [0.1, 0.15) is 34.7 Å². The van der Waals surface area contributed by atoms with E-state index in [0.29, 0.717) is 43.3 Å². The second-order valence-corrected chi connectivity index (χ2v) is 10.4. The van der Waals surface area contributed by atoms with Gasteiger partial charge in [-0.2, -0.15) is 0 Å². The summed E-state index contributed by atoms with van der Waals surface area (Å²) in [7, 11) is 1.61. The summed E-state index contributed by atoms with van der Waals surface area (Å²) in [4.78, 5) is 41.5. The van der Waals surface area contributed by atoms with E-state index in [4.69, 9.17) is 14.3 Å². The van der Waals surface area contributed by atoms with Crippen molar-refractivity contribution in [2.24, 2.45) is 11.1 Å². The predicted molar refractivity (Wildman–Crippen MR) is 137 cm³/mol. The molecule has 2 aliphatic heterocycles. The van der Waals surface area contributed by atoms with Gasteiger partial charge in [0.15, 0.2) is 0 Å². The first kappa shape index (κ1) is 26.4. The zero-order chi connectivity index (χ0) is 26.6. The van der Waals surface area contributed by atoms with Gasteiger partial charge in [-0.15, -0.1) is 0 Å². The molecule has 4 rings (SSSR count). The lowest BCUT2D eigenvalue weighted by Crippen LogP contribution is -2.43. The zero-order valence-electron chi connectivity index (χ0n) is 22.1. The Morgan fingerprint density at radius 3 is 2.49 bits per heavy atom. The molecule has 10 heteroatoms. The highest BCUT2D eigenvalue weighted by atomic mass is 16.6. The maximum atomic E-state index is 12.8. The van der Waals surface area contributed by atoms with Gasteiger partial charge >= 0.3 is 6.09 Å². The molecule has 198 valence electrons. The third-order valence-corrected chi connectivity index (χ3v) is 6.39. The van der Waals surface area contributed by atoms with E-state index in [0.717, 1.165) is 24.2 Å². The molecule has 2 aromatic rings. The summed E-state index contributed by atoms with van der Waals surface area (Å²) in [5.74, 6) is 1.24. The van der Waals surface area contributed by atoms with Crippen LogP contribution in [0.4, 0.5) is 4.79 Å². The van der Waals surface area contributed by atoms with Crippen LogP contribution >= 0.6 is 0 Å². The molecule has 1 aromatic heterocycles. The normalized spacial score (nSPS) is 18.1. The summed E-state index contributed by atoms with van der Waals surface area (Å²) < 4.78 is 10.7. The lowest BCUT2D eigenvalue weighted by molar-refractivity contribution is -0.00456. The summed E-state index contributed by atoms with van der Waals surface area (Å²) in [6, 6.07) is 9.16. The predicted octanol–water partition coefficient (Wildman–Crippen LogP) is 3.86. The highest BCUT2D eigenvalue weighted by Crippen LogP contribution is 2.30. The monoisotopic (exact) mass is 509 g/mol. The smallest absolute Gasteiger partial charge is 0.410 e. The summed E-state index contributed by atoms with van der Waals surface area (Å²) in [6.07, 6.45) is 1.87. The van der Waals surface area contributed by atoms with Gasteiger partial charge in [-0.05, 0) is 64.3 Å². The zero-order valence-corrected chi connectivity index (χ0v) is 22.1. The number of carbonyl (C=O) groups excluding carboxylic acids is 2. The number of aromatic nitrogens is 2. The van der Waals surface area contributed by atoms with Crippen molar-refractivity contribution in [3.8, 4) is 5.75 Å². The third kappa shape index (κ3) is 6.96. The van der Waals surface area contributed by atoms with Crippen molar-refractivity contribution >= 4 is 17.7 Å².